The molecule has 0 aliphatic rings. The minimum atomic E-state index is -0.329. The quantitative estimate of drug-likeness (QED) is 0.512. The smallest absolute Gasteiger partial charge is 0.293 e. The number of aromatic nitrogens is 4. The fourth-order valence-corrected chi connectivity index (χ4v) is 2.95. The number of nitrogen functional groups attached to an aromatic ring is 1. The van der Waals surface area contributed by atoms with E-state index in [0.29, 0.717) is 24.6 Å². The average molecular weight is 407 g/mol. The number of nitrogens with two attached hydrogens (primary N) is 1. The zero-order chi connectivity index (χ0) is 21.5. The predicted octanol–water partition coefficient (Wildman–Crippen LogP) is 1.20. The molecule has 0 radical (unpaired) electrons. The van der Waals surface area contributed by atoms with Gasteiger partial charge >= 0.3 is 0 Å². The Morgan fingerprint density at radius 2 is 1.93 bits per heavy atom. The third-order valence-electron chi connectivity index (χ3n) is 4.70. The molecule has 0 atom stereocenters. The van der Waals surface area contributed by atoms with Crippen LogP contribution in [-0.4, -0.2) is 32.0 Å². The van der Waals surface area contributed by atoms with Crippen molar-refractivity contribution >= 4 is 17.5 Å². The molecule has 1 amide bonds. The van der Waals surface area contributed by atoms with Gasteiger partial charge in [0.05, 0.1) is 0 Å². The van der Waals surface area contributed by atoms with Crippen LogP contribution in [0.1, 0.15) is 22.5 Å². The van der Waals surface area contributed by atoms with Crippen LogP contribution in [0.5, 0.6) is 0 Å². The number of anilines is 2. The number of pyridine rings is 2. The molecule has 0 aromatic carbocycles. The van der Waals surface area contributed by atoms with Crippen LogP contribution in [-0.2, 0) is 24.3 Å². The molecule has 3 heterocycles. The standard InChI is InChI=1S/C21H25N7O2/c1-14-11-26-20(24-10-7-16-5-8-23-9-6-16)21(30)28(14)13-19(29)25-12-17-3-4-18(22)27-15(17)2/h3-6,8-9,11H,7,10,12-13H2,1-2H3,(H2,22,27)(H,24,26)(H,25,29). The second-order valence-corrected chi connectivity index (χ2v) is 6.93. The maximum absolute atomic E-state index is 12.8. The molecule has 0 aliphatic heterocycles. The highest BCUT2D eigenvalue weighted by Crippen LogP contribution is 2.07. The van der Waals surface area contributed by atoms with Gasteiger partial charge < -0.3 is 16.4 Å². The van der Waals surface area contributed by atoms with E-state index < -0.39 is 0 Å². The zero-order valence-corrected chi connectivity index (χ0v) is 17.1. The van der Waals surface area contributed by atoms with Gasteiger partial charge in [0.15, 0.2) is 5.82 Å². The predicted molar refractivity (Wildman–Crippen MR) is 115 cm³/mol. The van der Waals surface area contributed by atoms with E-state index in [4.69, 9.17) is 5.73 Å². The van der Waals surface area contributed by atoms with Crippen LogP contribution in [0, 0.1) is 13.8 Å². The zero-order valence-electron chi connectivity index (χ0n) is 17.1. The van der Waals surface area contributed by atoms with E-state index in [1.54, 1.807) is 31.6 Å². The fraction of sp³-hybridized carbons (Fsp3) is 0.286. The van der Waals surface area contributed by atoms with Crippen molar-refractivity contribution in [2.24, 2.45) is 0 Å². The highest BCUT2D eigenvalue weighted by atomic mass is 16.2. The van der Waals surface area contributed by atoms with Crippen LogP contribution < -0.4 is 21.9 Å². The van der Waals surface area contributed by atoms with Crippen molar-refractivity contribution in [1.29, 1.82) is 0 Å². The molecule has 9 heteroatoms. The number of nitrogens with one attached hydrogen (secondary N) is 2. The lowest BCUT2D eigenvalue weighted by molar-refractivity contribution is -0.121. The van der Waals surface area contributed by atoms with Crippen molar-refractivity contribution in [3.8, 4) is 0 Å². The second-order valence-electron chi connectivity index (χ2n) is 6.93. The van der Waals surface area contributed by atoms with Crippen molar-refractivity contribution in [2.45, 2.75) is 33.4 Å². The number of carbonyl (C=O) groups is 1. The molecule has 0 saturated carbocycles. The molecular weight excluding hydrogens is 382 g/mol. The molecule has 3 aromatic heterocycles. The number of nitrogens with zero attached hydrogens (tertiary/aromatic N) is 4. The third-order valence-corrected chi connectivity index (χ3v) is 4.70. The lowest BCUT2D eigenvalue weighted by atomic mass is 10.2. The summed E-state index contributed by atoms with van der Waals surface area (Å²) in [5.74, 6) is 0.386. The van der Waals surface area contributed by atoms with E-state index in [9.17, 15) is 9.59 Å². The summed E-state index contributed by atoms with van der Waals surface area (Å²) >= 11 is 0. The Balaban J connectivity index is 1.61. The van der Waals surface area contributed by atoms with Gasteiger partial charge in [0.1, 0.15) is 12.4 Å². The number of aryl methyl sites for hydroxylation is 2. The molecule has 0 aliphatic carbocycles. The van der Waals surface area contributed by atoms with Crippen LogP contribution in [0.25, 0.3) is 0 Å². The molecular formula is C21H25N7O2. The van der Waals surface area contributed by atoms with Gasteiger partial charge in [-0.25, -0.2) is 9.97 Å². The van der Waals surface area contributed by atoms with Crippen molar-refractivity contribution < 1.29 is 4.79 Å². The van der Waals surface area contributed by atoms with E-state index in [1.807, 2.05) is 25.1 Å². The molecule has 3 rings (SSSR count). The monoisotopic (exact) mass is 407 g/mol. The maximum atomic E-state index is 12.8. The van der Waals surface area contributed by atoms with Crippen molar-refractivity contribution in [3.05, 3.63) is 75.7 Å². The first-order valence-electron chi connectivity index (χ1n) is 9.62. The Morgan fingerprint density at radius 3 is 2.67 bits per heavy atom. The van der Waals surface area contributed by atoms with Gasteiger partial charge in [-0.1, -0.05) is 6.07 Å². The summed E-state index contributed by atoms with van der Waals surface area (Å²) in [5, 5.41) is 5.88. The number of amides is 1. The molecule has 0 bridgehead atoms. The molecule has 3 aromatic rings. The summed E-state index contributed by atoms with van der Waals surface area (Å²) in [6.45, 7) is 4.35. The van der Waals surface area contributed by atoms with Gasteiger partial charge in [-0.2, -0.15) is 0 Å². The summed E-state index contributed by atoms with van der Waals surface area (Å²) in [5.41, 5.74) is 8.67. The van der Waals surface area contributed by atoms with Gasteiger partial charge in [-0.15, -0.1) is 0 Å². The Kier molecular flexibility index (Phi) is 6.74. The Bertz CT molecular complexity index is 1080. The summed E-state index contributed by atoms with van der Waals surface area (Å²) in [4.78, 5) is 37.5. The third kappa shape index (κ3) is 5.40. The van der Waals surface area contributed by atoms with E-state index in [0.717, 1.165) is 23.2 Å². The van der Waals surface area contributed by atoms with E-state index in [-0.39, 0.29) is 23.8 Å². The lowest BCUT2D eigenvalue weighted by Gasteiger charge is -2.13. The Hall–Kier alpha value is -3.75. The largest absolute Gasteiger partial charge is 0.384 e. The van der Waals surface area contributed by atoms with Crippen LogP contribution in [0.3, 0.4) is 0 Å². The van der Waals surface area contributed by atoms with Crippen molar-refractivity contribution in [3.63, 3.8) is 0 Å². The van der Waals surface area contributed by atoms with E-state index >= 15 is 0 Å². The molecule has 0 unspecified atom stereocenters. The van der Waals surface area contributed by atoms with Gasteiger partial charge in [0.25, 0.3) is 5.56 Å². The normalized spacial score (nSPS) is 10.6. The molecule has 0 fully saturated rings. The lowest BCUT2D eigenvalue weighted by Crippen LogP contribution is -2.34. The highest BCUT2D eigenvalue weighted by Gasteiger charge is 2.12. The average Bonchev–Trinajstić information content (AvgIpc) is 2.73. The van der Waals surface area contributed by atoms with Gasteiger partial charge in [-0.3, -0.25) is 19.1 Å². The first-order chi connectivity index (χ1) is 14.4. The minimum absolute atomic E-state index is 0.0896. The number of rotatable bonds is 8. The number of carbonyl (C=O) groups excluding carboxylic acids is 1. The molecule has 0 saturated heterocycles. The van der Waals surface area contributed by atoms with Crippen LogP contribution in [0.15, 0.2) is 47.7 Å². The van der Waals surface area contributed by atoms with Crippen LogP contribution in [0.4, 0.5) is 11.6 Å². The molecule has 0 spiro atoms. The van der Waals surface area contributed by atoms with E-state index in [2.05, 4.69) is 25.6 Å². The topological polar surface area (TPSA) is 128 Å². The summed E-state index contributed by atoms with van der Waals surface area (Å²) in [7, 11) is 0. The molecule has 30 heavy (non-hydrogen) atoms. The summed E-state index contributed by atoms with van der Waals surface area (Å²) in [6, 6.07) is 7.36. The first-order valence-corrected chi connectivity index (χ1v) is 9.62. The Labute approximate surface area is 174 Å². The molecule has 156 valence electrons. The highest BCUT2D eigenvalue weighted by molar-refractivity contribution is 5.75. The fourth-order valence-electron chi connectivity index (χ4n) is 2.95. The summed E-state index contributed by atoms with van der Waals surface area (Å²) < 4.78 is 1.41. The van der Waals surface area contributed by atoms with Gasteiger partial charge in [0, 0.05) is 43.1 Å². The second kappa shape index (κ2) is 9.64. The first kappa shape index (κ1) is 21.0. The SMILES string of the molecule is Cc1nc(N)ccc1CNC(=O)Cn1c(C)cnc(NCCc2ccncc2)c1=O. The van der Waals surface area contributed by atoms with Crippen molar-refractivity contribution in [1.82, 2.24) is 24.8 Å². The maximum Gasteiger partial charge on any atom is 0.293 e. The van der Waals surface area contributed by atoms with E-state index in [1.165, 1.54) is 4.57 Å². The Morgan fingerprint density at radius 1 is 1.17 bits per heavy atom. The van der Waals surface area contributed by atoms with Gasteiger partial charge in [0.2, 0.25) is 5.91 Å². The molecule has 4 N–H and O–H groups in total. The van der Waals surface area contributed by atoms with Crippen molar-refractivity contribution in [2.75, 3.05) is 17.6 Å². The number of hydrogen-bond donors (Lipinski definition) is 3. The van der Waals surface area contributed by atoms with Gasteiger partial charge in [-0.05, 0) is 49.6 Å². The number of hydrogen-bond acceptors (Lipinski definition) is 7. The molecule has 9 nitrogen and oxygen atoms in total. The van der Waals surface area contributed by atoms with Crippen LogP contribution in [0.2, 0.25) is 0 Å². The minimum Gasteiger partial charge on any atom is -0.384 e. The van der Waals surface area contributed by atoms with Crippen LogP contribution >= 0.6 is 0 Å². The summed E-state index contributed by atoms with van der Waals surface area (Å²) in [6.07, 6.45) is 5.77.